The third kappa shape index (κ3) is 2.30. The molecule has 0 atom stereocenters. The first-order valence-corrected chi connectivity index (χ1v) is 6.32. The Morgan fingerprint density at radius 1 is 1.25 bits per heavy atom. The first kappa shape index (κ1) is 11.3. The van der Waals surface area contributed by atoms with Crippen molar-refractivity contribution < 1.29 is 16.8 Å². The highest BCUT2D eigenvalue weighted by molar-refractivity contribution is 9.10. The van der Waals surface area contributed by atoms with Gasteiger partial charge >= 0.3 is 10.2 Å². The van der Waals surface area contributed by atoms with E-state index >= 15 is 0 Å². The predicted octanol–water partition coefficient (Wildman–Crippen LogP) is 2.76. The molecule has 2 aromatic rings. The molecule has 1 heterocycles. The fourth-order valence-electron chi connectivity index (χ4n) is 1.13. The van der Waals surface area contributed by atoms with E-state index in [1.807, 2.05) is 0 Å². The van der Waals surface area contributed by atoms with Crippen LogP contribution in [-0.4, -0.2) is 13.6 Å². The Bertz CT molecular complexity index is 606. The number of hydrogen-bond acceptors (Lipinski definition) is 4. The Labute approximate surface area is 99.4 Å². The van der Waals surface area contributed by atoms with Gasteiger partial charge in [0.25, 0.3) is 5.09 Å². The van der Waals surface area contributed by atoms with Crippen molar-refractivity contribution in [1.82, 2.24) is 5.16 Å². The van der Waals surface area contributed by atoms with Gasteiger partial charge < -0.3 is 4.52 Å². The fourth-order valence-corrected chi connectivity index (χ4v) is 1.77. The average Bonchev–Trinajstić information content (AvgIpc) is 2.67. The molecule has 0 aliphatic carbocycles. The smallest absolute Gasteiger partial charge is 0.341 e. The minimum Gasteiger partial charge on any atom is -0.341 e. The molecule has 0 N–H and O–H groups in total. The fraction of sp³-hybridized carbons (Fsp3) is 0. The first-order valence-electron chi connectivity index (χ1n) is 4.14. The van der Waals surface area contributed by atoms with Crippen LogP contribution in [0, 0.1) is 0 Å². The molecule has 4 nitrogen and oxygen atoms in total. The average molecular weight is 306 g/mol. The first-order chi connectivity index (χ1) is 7.47. The zero-order valence-electron chi connectivity index (χ0n) is 7.72. The van der Waals surface area contributed by atoms with Gasteiger partial charge in [-0.05, 0) is 12.1 Å². The van der Waals surface area contributed by atoms with E-state index < -0.39 is 15.3 Å². The maximum Gasteiger partial charge on any atom is 0.368 e. The van der Waals surface area contributed by atoms with Gasteiger partial charge in [-0.2, -0.15) is 8.42 Å². The molecule has 0 fully saturated rings. The number of nitrogens with zero attached hydrogens (tertiary/aromatic N) is 1. The number of rotatable bonds is 2. The van der Waals surface area contributed by atoms with E-state index in [0.717, 1.165) is 10.5 Å². The Kier molecular flexibility index (Phi) is 2.81. The van der Waals surface area contributed by atoms with E-state index in [1.165, 1.54) is 0 Å². The normalized spacial score (nSPS) is 11.6. The quantitative estimate of drug-likeness (QED) is 0.801. The molecule has 1 aromatic heterocycles. The van der Waals surface area contributed by atoms with E-state index in [9.17, 15) is 12.3 Å². The lowest BCUT2D eigenvalue weighted by Crippen LogP contribution is -1.87. The third-order valence-corrected chi connectivity index (χ3v) is 3.07. The predicted molar refractivity (Wildman–Crippen MR) is 57.9 cm³/mol. The van der Waals surface area contributed by atoms with Crippen molar-refractivity contribution in [1.29, 1.82) is 0 Å². The third-order valence-electron chi connectivity index (χ3n) is 1.87. The summed E-state index contributed by atoms with van der Waals surface area (Å²) in [7, 11) is -4.84. The minimum absolute atomic E-state index is 0.267. The highest BCUT2D eigenvalue weighted by Gasteiger charge is 2.19. The number of halogens is 2. The molecule has 0 aliphatic rings. The largest absolute Gasteiger partial charge is 0.368 e. The summed E-state index contributed by atoms with van der Waals surface area (Å²) in [5, 5.41) is 2.69. The topological polar surface area (TPSA) is 60.2 Å². The molecule has 0 radical (unpaired) electrons. The molecule has 2 rings (SSSR count). The van der Waals surface area contributed by atoms with Gasteiger partial charge in [-0.1, -0.05) is 37.1 Å². The number of hydrogen-bond donors (Lipinski definition) is 0. The lowest BCUT2D eigenvalue weighted by molar-refractivity contribution is 0.334. The maximum atomic E-state index is 12.5. The second kappa shape index (κ2) is 3.99. The molecule has 0 aliphatic heterocycles. The van der Waals surface area contributed by atoms with E-state index in [2.05, 4.69) is 25.6 Å². The van der Waals surface area contributed by atoms with Crippen molar-refractivity contribution in [3.63, 3.8) is 0 Å². The van der Waals surface area contributed by atoms with Gasteiger partial charge in [-0.3, -0.25) is 0 Å². The molecular weight excluding hydrogens is 301 g/mol. The molecule has 0 unspecified atom stereocenters. The van der Waals surface area contributed by atoms with Crippen LogP contribution in [0.5, 0.6) is 0 Å². The molecule has 0 saturated heterocycles. The van der Waals surface area contributed by atoms with Crippen LogP contribution in [-0.2, 0) is 10.2 Å². The highest BCUT2D eigenvalue weighted by Crippen LogP contribution is 2.23. The van der Waals surface area contributed by atoms with Crippen LogP contribution in [0.2, 0.25) is 0 Å². The summed E-state index contributed by atoms with van der Waals surface area (Å²) in [4.78, 5) is 0. The van der Waals surface area contributed by atoms with Gasteiger partial charge in [0, 0.05) is 16.1 Å². The van der Waals surface area contributed by atoms with Gasteiger partial charge in [0.1, 0.15) is 5.69 Å². The highest BCUT2D eigenvalue weighted by atomic mass is 79.9. The molecule has 1 aromatic carbocycles. The summed E-state index contributed by atoms with van der Waals surface area (Å²) in [5.74, 6) is 0. The van der Waals surface area contributed by atoms with E-state index in [0.29, 0.717) is 5.56 Å². The van der Waals surface area contributed by atoms with Crippen molar-refractivity contribution in [3.05, 3.63) is 34.8 Å². The molecular formula is C9H5BrFNO3S. The molecule has 16 heavy (non-hydrogen) atoms. The zero-order chi connectivity index (χ0) is 11.8. The van der Waals surface area contributed by atoms with E-state index in [1.54, 1.807) is 24.3 Å². The molecule has 7 heteroatoms. The summed E-state index contributed by atoms with van der Waals surface area (Å²) in [5.41, 5.74) is 0.908. The van der Waals surface area contributed by atoms with Gasteiger partial charge in [0.15, 0.2) is 0 Å². The van der Waals surface area contributed by atoms with Gasteiger partial charge in [0.05, 0.1) is 0 Å². The van der Waals surface area contributed by atoms with E-state index in [-0.39, 0.29) is 5.69 Å². The van der Waals surface area contributed by atoms with E-state index in [4.69, 9.17) is 0 Å². The summed E-state index contributed by atoms with van der Waals surface area (Å²) in [6, 6.07) is 7.97. The maximum absolute atomic E-state index is 12.5. The summed E-state index contributed by atoms with van der Waals surface area (Å²) in [6.07, 6.45) is 0. The second-order valence-corrected chi connectivity index (χ2v) is 5.17. The van der Waals surface area contributed by atoms with Gasteiger partial charge in [-0.25, -0.2) is 0 Å². The monoisotopic (exact) mass is 305 g/mol. The minimum atomic E-state index is -4.84. The van der Waals surface area contributed by atoms with Crippen LogP contribution in [0.15, 0.2) is 44.4 Å². The van der Waals surface area contributed by atoms with Gasteiger partial charge in [0.2, 0.25) is 0 Å². The zero-order valence-corrected chi connectivity index (χ0v) is 10.1. The van der Waals surface area contributed by atoms with Crippen molar-refractivity contribution in [2.75, 3.05) is 0 Å². The number of benzene rings is 1. The van der Waals surface area contributed by atoms with Crippen LogP contribution in [0.1, 0.15) is 0 Å². The van der Waals surface area contributed by atoms with Crippen LogP contribution in [0.3, 0.4) is 0 Å². The summed E-state index contributed by atoms with van der Waals surface area (Å²) < 4.78 is 38.9. The molecule has 0 spiro atoms. The Morgan fingerprint density at radius 3 is 2.38 bits per heavy atom. The SMILES string of the molecule is O=S(=O)(F)c1cc(-c2ccc(Br)cc2)no1. The Hall–Kier alpha value is -1.21. The van der Waals surface area contributed by atoms with Gasteiger partial charge in [-0.15, -0.1) is 0 Å². The van der Waals surface area contributed by atoms with Crippen LogP contribution in [0.4, 0.5) is 3.89 Å². The van der Waals surface area contributed by atoms with Crippen molar-refractivity contribution in [2.45, 2.75) is 5.09 Å². The van der Waals surface area contributed by atoms with Crippen LogP contribution < -0.4 is 0 Å². The summed E-state index contributed by atoms with van der Waals surface area (Å²) in [6.45, 7) is 0. The Balaban J connectivity index is 2.43. The molecule has 84 valence electrons. The standard InChI is InChI=1S/C9H5BrFNO3S/c10-7-3-1-6(2-4-7)8-5-9(15-12-8)16(11,13)14/h1-5H. The lowest BCUT2D eigenvalue weighted by Gasteiger charge is -1.93. The van der Waals surface area contributed by atoms with Crippen LogP contribution in [0.25, 0.3) is 11.3 Å². The summed E-state index contributed by atoms with van der Waals surface area (Å²) >= 11 is 3.26. The van der Waals surface area contributed by atoms with Crippen LogP contribution >= 0.6 is 15.9 Å². The van der Waals surface area contributed by atoms with Crippen molar-refractivity contribution >= 4 is 26.2 Å². The second-order valence-electron chi connectivity index (χ2n) is 2.98. The Morgan fingerprint density at radius 2 is 1.88 bits per heavy atom. The van der Waals surface area contributed by atoms with Crippen molar-refractivity contribution in [2.24, 2.45) is 0 Å². The molecule has 0 bridgehead atoms. The molecule has 0 amide bonds. The van der Waals surface area contributed by atoms with Crippen molar-refractivity contribution in [3.8, 4) is 11.3 Å². The molecule has 0 saturated carbocycles. The lowest BCUT2D eigenvalue weighted by atomic mass is 10.2. The number of aromatic nitrogens is 1.